The molecule has 1 heterocycles. The van der Waals surface area contributed by atoms with Crippen LogP contribution >= 0.6 is 11.6 Å². The summed E-state index contributed by atoms with van der Waals surface area (Å²) in [6, 6.07) is 2.26. The van der Waals surface area contributed by atoms with Crippen molar-refractivity contribution in [3.63, 3.8) is 0 Å². The molecule has 2 aromatic rings. The summed E-state index contributed by atoms with van der Waals surface area (Å²) < 4.78 is 64.4. The number of halogens is 4. The molecule has 0 fully saturated rings. The Morgan fingerprint density at radius 2 is 1.92 bits per heavy atom. The van der Waals surface area contributed by atoms with Gasteiger partial charge >= 0.3 is 6.18 Å². The van der Waals surface area contributed by atoms with Crippen molar-refractivity contribution < 1.29 is 21.6 Å². The Labute approximate surface area is 146 Å². The van der Waals surface area contributed by atoms with E-state index in [0.717, 1.165) is 16.4 Å². The highest BCUT2D eigenvalue weighted by Gasteiger charge is 2.33. The molecule has 7 nitrogen and oxygen atoms in total. The van der Waals surface area contributed by atoms with E-state index in [-0.39, 0.29) is 22.5 Å². The Hall–Kier alpha value is -2.11. The van der Waals surface area contributed by atoms with Crippen LogP contribution in [0.4, 0.5) is 30.6 Å². The van der Waals surface area contributed by atoms with Gasteiger partial charge in [-0.05, 0) is 18.2 Å². The summed E-state index contributed by atoms with van der Waals surface area (Å²) in [4.78, 5) is 6.86. The lowest BCUT2D eigenvalue weighted by atomic mass is 10.2. The average molecular weight is 396 g/mol. The second kappa shape index (κ2) is 6.65. The number of anilines is 3. The highest BCUT2D eigenvalue weighted by Crippen LogP contribution is 2.35. The predicted octanol–water partition coefficient (Wildman–Crippen LogP) is 2.72. The number of sulfonamides is 1. The van der Waals surface area contributed by atoms with Crippen molar-refractivity contribution in [2.75, 3.05) is 25.1 Å². The number of aromatic nitrogens is 2. The van der Waals surface area contributed by atoms with Crippen molar-refractivity contribution in [2.24, 2.45) is 0 Å². The van der Waals surface area contributed by atoms with Crippen molar-refractivity contribution in [1.82, 2.24) is 14.3 Å². The molecule has 0 saturated carbocycles. The largest absolute Gasteiger partial charge is 0.416 e. The smallest absolute Gasteiger partial charge is 0.368 e. The standard InChI is InChI=1S/C13H13ClF3N5O2S/c1-22(2)25(23,24)10-5-7(13(15,16)17)3-4-9(10)20-11-8(14)6-19-12(18)21-11/h3-6H,1-2H3,(H3,18,19,20,21). The quantitative estimate of drug-likeness (QED) is 0.825. The molecule has 2 rings (SSSR count). The second-order valence-electron chi connectivity index (χ2n) is 5.05. The zero-order valence-corrected chi connectivity index (χ0v) is 14.5. The minimum atomic E-state index is -4.70. The van der Waals surface area contributed by atoms with E-state index in [9.17, 15) is 21.6 Å². The Bertz CT molecular complexity index is 903. The summed E-state index contributed by atoms with van der Waals surface area (Å²) in [5, 5.41) is 2.60. The van der Waals surface area contributed by atoms with Gasteiger partial charge in [0, 0.05) is 14.1 Å². The van der Waals surface area contributed by atoms with Crippen molar-refractivity contribution in [3.05, 3.63) is 35.0 Å². The lowest BCUT2D eigenvalue weighted by molar-refractivity contribution is -0.137. The van der Waals surface area contributed by atoms with Crippen molar-refractivity contribution in [3.8, 4) is 0 Å². The first kappa shape index (κ1) is 19.2. The Balaban J connectivity index is 2.63. The number of hydrogen-bond donors (Lipinski definition) is 2. The SMILES string of the molecule is CN(C)S(=O)(=O)c1cc(C(F)(F)F)ccc1Nc1nc(N)ncc1Cl. The van der Waals surface area contributed by atoms with Crippen LogP contribution in [-0.4, -0.2) is 36.8 Å². The molecular weight excluding hydrogens is 383 g/mol. The number of hydrogen-bond acceptors (Lipinski definition) is 6. The molecule has 0 radical (unpaired) electrons. The molecule has 1 aromatic carbocycles. The normalized spacial score (nSPS) is 12.4. The Kier molecular flexibility index (Phi) is 5.11. The van der Waals surface area contributed by atoms with Crippen molar-refractivity contribution in [1.29, 1.82) is 0 Å². The van der Waals surface area contributed by atoms with Gasteiger partial charge < -0.3 is 11.1 Å². The Morgan fingerprint density at radius 1 is 1.28 bits per heavy atom. The minimum Gasteiger partial charge on any atom is -0.368 e. The van der Waals surface area contributed by atoms with Gasteiger partial charge in [-0.1, -0.05) is 11.6 Å². The van der Waals surface area contributed by atoms with Gasteiger partial charge in [0.15, 0.2) is 5.82 Å². The van der Waals surface area contributed by atoms with Crippen LogP contribution in [0.2, 0.25) is 5.02 Å². The number of alkyl halides is 3. The van der Waals surface area contributed by atoms with Gasteiger partial charge in [-0.2, -0.15) is 18.2 Å². The van der Waals surface area contributed by atoms with E-state index >= 15 is 0 Å². The van der Waals surface area contributed by atoms with Crippen LogP contribution in [-0.2, 0) is 16.2 Å². The number of nitrogens with zero attached hydrogens (tertiary/aromatic N) is 3. The molecule has 0 unspecified atom stereocenters. The van der Waals surface area contributed by atoms with Gasteiger partial charge in [0.25, 0.3) is 0 Å². The van der Waals surface area contributed by atoms with Crippen LogP contribution in [0, 0.1) is 0 Å². The van der Waals surface area contributed by atoms with Crippen LogP contribution in [0.3, 0.4) is 0 Å². The molecule has 0 aliphatic heterocycles. The van der Waals surface area contributed by atoms with Crippen LogP contribution in [0.1, 0.15) is 5.56 Å². The summed E-state index contributed by atoms with van der Waals surface area (Å²) in [5.74, 6) is -0.181. The maximum absolute atomic E-state index is 12.9. The fourth-order valence-corrected chi connectivity index (χ4v) is 3.01. The summed E-state index contributed by atoms with van der Waals surface area (Å²) in [5.41, 5.74) is 4.20. The molecule has 1 aromatic heterocycles. The molecule has 136 valence electrons. The van der Waals surface area contributed by atoms with E-state index in [4.69, 9.17) is 17.3 Å². The third-order valence-corrected chi connectivity index (χ3v) is 5.21. The van der Waals surface area contributed by atoms with Crippen LogP contribution in [0.25, 0.3) is 0 Å². The number of nitrogens with two attached hydrogens (primary N) is 1. The highest BCUT2D eigenvalue weighted by atomic mass is 35.5. The van der Waals surface area contributed by atoms with Gasteiger partial charge in [0.2, 0.25) is 16.0 Å². The number of benzene rings is 1. The second-order valence-corrected chi connectivity index (χ2v) is 7.57. The molecule has 12 heteroatoms. The lowest BCUT2D eigenvalue weighted by Crippen LogP contribution is -2.24. The lowest BCUT2D eigenvalue weighted by Gasteiger charge is -2.18. The summed E-state index contributed by atoms with van der Waals surface area (Å²) >= 11 is 5.90. The first-order valence-electron chi connectivity index (χ1n) is 6.61. The zero-order valence-electron chi connectivity index (χ0n) is 13.0. The number of rotatable bonds is 4. The minimum absolute atomic E-state index is 0.0160. The maximum Gasteiger partial charge on any atom is 0.416 e. The fourth-order valence-electron chi connectivity index (χ4n) is 1.81. The maximum atomic E-state index is 12.9. The molecular formula is C13H13ClF3N5O2S. The molecule has 0 aliphatic rings. The first-order chi connectivity index (χ1) is 11.4. The third kappa shape index (κ3) is 4.11. The third-order valence-electron chi connectivity index (χ3n) is 3.08. The molecule has 0 atom stereocenters. The van der Waals surface area contributed by atoms with E-state index in [0.29, 0.717) is 6.07 Å². The molecule has 3 N–H and O–H groups in total. The molecule has 0 aliphatic carbocycles. The van der Waals surface area contributed by atoms with Crippen molar-refractivity contribution >= 4 is 39.1 Å². The highest BCUT2D eigenvalue weighted by molar-refractivity contribution is 7.89. The zero-order chi connectivity index (χ0) is 19.0. The van der Waals surface area contributed by atoms with Gasteiger partial charge in [-0.25, -0.2) is 17.7 Å². The number of nitrogen functional groups attached to an aromatic ring is 1. The van der Waals surface area contributed by atoms with Crippen molar-refractivity contribution in [2.45, 2.75) is 11.1 Å². The van der Waals surface area contributed by atoms with Crippen LogP contribution in [0.15, 0.2) is 29.3 Å². The van der Waals surface area contributed by atoms with Gasteiger partial charge in [0.05, 0.1) is 17.4 Å². The molecule has 0 bridgehead atoms. The fraction of sp³-hybridized carbons (Fsp3) is 0.231. The Morgan fingerprint density at radius 3 is 2.48 bits per heavy atom. The molecule has 25 heavy (non-hydrogen) atoms. The molecule has 0 spiro atoms. The van der Waals surface area contributed by atoms with Crippen LogP contribution < -0.4 is 11.1 Å². The summed E-state index contributed by atoms with van der Waals surface area (Å²) in [6.07, 6.45) is -3.53. The van der Waals surface area contributed by atoms with Gasteiger partial charge in [-0.15, -0.1) is 0 Å². The van der Waals surface area contributed by atoms with E-state index < -0.39 is 26.7 Å². The van der Waals surface area contributed by atoms with E-state index in [1.165, 1.54) is 20.3 Å². The molecule has 0 amide bonds. The monoisotopic (exact) mass is 395 g/mol. The summed E-state index contributed by atoms with van der Waals surface area (Å²) in [6.45, 7) is 0. The molecule has 0 saturated heterocycles. The van der Waals surface area contributed by atoms with Crippen LogP contribution in [0.5, 0.6) is 0 Å². The predicted molar refractivity (Wildman–Crippen MR) is 87.1 cm³/mol. The van der Waals surface area contributed by atoms with E-state index in [1.54, 1.807) is 0 Å². The topological polar surface area (TPSA) is 101 Å². The van der Waals surface area contributed by atoms with E-state index in [2.05, 4.69) is 15.3 Å². The number of nitrogens with one attached hydrogen (secondary N) is 1. The summed E-state index contributed by atoms with van der Waals surface area (Å²) in [7, 11) is -1.77. The van der Waals surface area contributed by atoms with Gasteiger partial charge in [-0.3, -0.25) is 0 Å². The average Bonchev–Trinajstić information content (AvgIpc) is 2.50. The first-order valence-corrected chi connectivity index (χ1v) is 8.43. The van der Waals surface area contributed by atoms with E-state index in [1.807, 2.05) is 0 Å². The van der Waals surface area contributed by atoms with Gasteiger partial charge in [0.1, 0.15) is 9.92 Å².